The molecular formula is C19H18BrNO5. The zero-order valence-electron chi connectivity index (χ0n) is 14.0. The summed E-state index contributed by atoms with van der Waals surface area (Å²) in [5.74, 6) is -0.111. The molecule has 0 aliphatic carbocycles. The Bertz CT molecular complexity index is 798. The molecule has 6 nitrogen and oxygen atoms in total. The predicted octanol–water partition coefficient (Wildman–Crippen LogP) is 3.21. The van der Waals surface area contributed by atoms with Crippen LogP contribution < -0.4 is 4.74 Å². The number of rotatable bonds is 5. The molecule has 2 aromatic carbocycles. The summed E-state index contributed by atoms with van der Waals surface area (Å²) in [6.45, 7) is 0.0824. The monoisotopic (exact) mass is 419 g/mol. The van der Waals surface area contributed by atoms with Gasteiger partial charge in [-0.2, -0.15) is 0 Å². The highest BCUT2D eigenvalue weighted by Crippen LogP contribution is 2.35. The molecule has 1 fully saturated rings. The molecule has 0 aromatic heterocycles. The Morgan fingerprint density at radius 2 is 1.88 bits per heavy atom. The van der Waals surface area contributed by atoms with Crippen molar-refractivity contribution in [3.05, 3.63) is 65.7 Å². The van der Waals surface area contributed by atoms with Crippen LogP contribution in [0.4, 0.5) is 4.79 Å². The molecule has 1 saturated heterocycles. The van der Waals surface area contributed by atoms with Crippen LogP contribution in [0.1, 0.15) is 23.3 Å². The number of carbonyl (C=O) groups excluding carboxylic acids is 2. The molecule has 2 amide bonds. The fraction of sp³-hybridized carbons (Fsp3) is 0.263. The van der Waals surface area contributed by atoms with Gasteiger partial charge in [-0.05, 0) is 11.6 Å². The van der Waals surface area contributed by atoms with Crippen LogP contribution in [0.3, 0.4) is 0 Å². The van der Waals surface area contributed by atoms with E-state index in [0.29, 0.717) is 11.3 Å². The number of benzene rings is 2. The molecule has 7 heteroatoms. The normalized spacial score (nSPS) is 19.0. The van der Waals surface area contributed by atoms with Gasteiger partial charge in [-0.25, -0.2) is 9.69 Å². The van der Waals surface area contributed by atoms with Gasteiger partial charge in [0, 0.05) is 5.56 Å². The smallest absolute Gasteiger partial charge is 0.417 e. The third kappa shape index (κ3) is 3.45. The summed E-state index contributed by atoms with van der Waals surface area (Å²) >= 11 is 3.24. The minimum atomic E-state index is -1.19. The van der Waals surface area contributed by atoms with Crippen LogP contribution in [0, 0.1) is 0 Å². The molecule has 1 aliphatic heterocycles. The Balaban J connectivity index is 1.85. The van der Waals surface area contributed by atoms with Gasteiger partial charge in [-0.1, -0.05) is 64.5 Å². The lowest BCUT2D eigenvalue weighted by molar-refractivity contribution is -0.130. The van der Waals surface area contributed by atoms with E-state index in [1.807, 2.05) is 30.3 Å². The quantitative estimate of drug-likeness (QED) is 0.752. The van der Waals surface area contributed by atoms with E-state index in [-0.39, 0.29) is 6.61 Å². The molecule has 1 N–H and O–H groups in total. The molecule has 3 atom stereocenters. The number of amides is 2. The van der Waals surface area contributed by atoms with E-state index in [4.69, 9.17) is 9.47 Å². The summed E-state index contributed by atoms with van der Waals surface area (Å²) in [4.78, 5) is 25.1. The molecule has 0 saturated carbocycles. The number of imide groups is 1. The minimum absolute atomic E-state index is 0.0824. The lowest BCUT2D eigenvalue weighted by Crippen LogP contribution is -2.41. The van der Waals surface area contributed by atoms with Crippen molar-refractivity contribution in [3.63, 3.8) is 0 Å². The van der Waals surface area contributed by atoms with Crippen molar-refractivity contribution in [2.75, 3.05) is 13.7 Å². The van der Waals surface area contributed by atoms with Crippen molar-refractivity contribution in [1.82, 2.24) is 4.90 Å². The third-order valence-electron chi connectivity index (χ3n) is 4.27. The van der Waals surface area contributed by atoms with E-state index in [2.05, 4.69) is 15.9 Å². The number of hydrogen-bond acceptors (Lipinski definition) is 5. The Labute approximate surface area is 159 Å². The molecule has 0 bridgehead atoms. The Kier molecular flexibility index (Phi) is 5.58. The van der Waals surface area contributed by atoms with Gasteiger partial charge in [0.2, 0.25) is 5.91 Å². The topological polar surface area (TPSA) is 76.1 Å². The van der Waals surface area contributed by atoms with Crippen LogP contribution in [-0.2, 0) is 9.53 Å². The third-order valence-corrected chi connectivity index (χ3v) is 5.16. The van der Waals surface area contributed by atoms with Gasteiger partial charge >= 0.3 is 6.09 Å². The summed E-state index contributed by atoms with van der Waals surface area (Å²) in [7, 11) is 1.49. The van der Waals surface area contributed by atoms with E-state index < -0.39 is 29.0 Å². The number of methoxy groups -OCH3 is 1. The average Bonchev–Trinajstić information content (AvgIpc) is 3.08. The average molecular weight is 420 g/mol. The second kappa shape index (κ2) is 7.88. The van der Waals surface area contributed by atoms with Crippen LogP contribution in [0.5, 0.6) is 5.75 Å². The maximum absolute atomic E-state index is 12.9. The van der Waals surface area contributed by atoms with Crippen molar-refractivity contribution >= 4 is 27.9 Å². The number of aliphatic hydroxyl groups excluding tert-OH is 1. The van der Waals surface area contributed by atoms with Crippen molar-refractivity contribution < 1.29 is 24.2 Å². The molecule has 0 unspecified atom stereocenters. The van der Waals surface area contributed by atoms with E-state index in [0.717, 1.165) is 10.5 Å². The molecule has 1 heterocycles. The van der Waals surface area contributed by atoms with Crippen LogP contribution in [0.25, 0.3) is 0 Å². The fourth-order valence-corrected chi connectivity index (χ4v) is 3.43. The van der Waals surface area contributed by atoms with Gasteiger partial charge in [0.1, 0.15) is 29.3 Å². The van der Waals surface area contributed by atoms with Crippen molar-refractivity contribution in [2.45, 2.75) is 17.0 Å². The second-order valence-corrected chi connectivity index (χ2v) is 6.79. The first-order chi connectivity index (χ1) is 12.5. The van der Waals surface area contributed by atoms with Gasteiger partial charge in [0.15, 0.2) is 0 Å². The fourth-order valence-electron chi connectivity index (χ4n) is 2.92. The molecular weight excluding hydrogens is 402 g/mol. The number of cyclic esters (lactones) is 1. The van der Waals surface area contributed by atoms with Gasteiger partial charge in [-0.15, -0.1) is 0 Å². The SMILES string of the molecule is COc1ccccc1[C@@H](O)[C@@H](Br)C(=O)N1C(=O)OC[C@H]1c1ccccc1. The molecule has 136 valence electrons. The predicted molar refractivity (Wildman–Crippen MR) is 98.0 cm³/mol. The zero-order valence-corrected chi connectivity index (χ0v) is 15.6. The van der Waals surface area contributed by atoms with Gasteiger partial charge in [-0.3, -0.25) is 4.79 Å². The van der Waals surface area contributed by atoms with Crippen molar-refractivity contribution in [1.29, 1.82) is 0 Å². The van der Waals surface area contributed by atoms with Gasteiger partial charge < -0.3 is 14.6 Å². The van der Waals surface area contributed by atoms with Crippen LogP contribution in [0.15, 0.2) is 54.6 Å². The van der Waals surface area contributed by atoms with E-state index in [1.165, 1.54) is 7.11 Å². The first-order valence-corrected chi connectivity index (χ1v) is 8.96. The van der Waals surface area contributed by atoms with Crippen LogP contribution >= 0.6 is 15.9 Å². The number of hydrogen-bond donors (Lipinski definition) is 1. The van der Waals surface area contributed by atoms with Crippen LogP contribution in [-0.4, -0.2) is 40.6 Å². The largest absolute Gasteiger partial charge is 0.496 e. The Morgan fingerprint density at radius 3 is 2.58 bits per heavy atom. The number of halogens is 1. The lowest BCUT2D eigenvalue weighted by Gasteiger charge is -2.25. The van der Waals surface area contributed by atoms with E-state index >= 15 is 0 Å². The highest BCUT2D eigenvalue weighted by Gasteiger charge is 2.43. The number of ether oxygens (including phenoxy) is 2. The Morgan fingerprint density at radius 1 is 1.23 bits per heavy atom. The zero-order chi connectivity index (χ0) is 18.7. The number of para-hydroxylation sites is 1. The van der Waals surface area contributed by atoms with E-state index in [1.54, 1.807) is 24.3 Å². The summed E-state index contributed by atoms with van der Waals surface area (Å²) in [5.41, 5.74) is 1.24. The first-order valence-electron chi connectivity index (χ1n) is 8.04. The van der Waals surface area contributed by atoms with Gasteiger partial charge in [0.25, 0.3) is 0 Å². The van der Waals surface area contributed by atoms with Gasteiger partial charge in [0.05, 0.1) is 7.11 Å². The number of alkyl halides is 1. The van der Waals surface area contributed by atoms with E-state index in [9.17, 15) is 14.7 Å². The maximum atomic E-state index is 12.9. The number of nitrogens with zero attached hydrogens (tertiary/aromatic N) is 1. The summed E-state index contributed by atoms with van der Waals surface area (Å²) in [6.07, 6.45) is -1.91. The maximum Gasteiger partial charge on any atom is 0.417 e. The molecule has 0 radical (unpaired) electrons. The molecule has 1 aliphatic rings. The summed E-state index contributed by atoms with van der Waals surface area (Å²) in [5, 5.41) is 10.6. The standard InChI is InChI=1S/C19H18BrNO5/c1-25-15-10-6-5-9-13(15)17(22)16(20)18(23)21-14(11-26-19(21)24)12-7-3-2-4-8-12/h2-10,14,16-17,22H,11H2,1H3/t14-,16+,17+/m0/s1. The molecule has 2 aromatic rings. The molecule has 0 spiro atoms. The molecule has 26 heavy (non-hydrogen) atoms. The summed E-state index contributed by atoms with van der Waals surface area (Å²) in [6, 6.07) is 15.5. The van der Waals surface area contributed by atoms with Crippen molar-refractivity contribution in [3.8, 4) is 5.75 Å². The lowest BCUT2D eigenvalue weighted by atomic mass is 10.0. The first kappa shape index (κ1) is 18.4. The van der Waals surface area contributed by atoms with Crippen LogP contribution in [0.2, 0.25) is 0 Å². The molecule has 3 rings (SSSR count). The number of carbonyl (C=O) groups is 2. The van der Waals surface area contributed by atoms with Crippen molar-refractivity contribution in [2.24, 2.45) is 0 Å². The highest BCUT2D eigenvalue weighted by molar-refractivity contribution is 9.10. The minimum Gasteiger partial charge on any atom is -0.496 e. The summed E-state index contributed by atoms with van der Waals surface area (Å²) < 4.78 is 10.3. The second-order valence-electron chi connectivity index (χ2n) is 5.80. The Hall–Kier alpha value is -2.38. The number of aliphatic hydroxyl groups is 1. The highest BCUT2D eigenvalue weighted by atomic mass is 79.9.